The third kappa shape index (κ3) is 4.17. The zero-order chi connectivity index (χ0) is 22.2. The summed E-state index contributed by atoms with van der Waals surface area (Å²) in [6.07, 6.45) is -4.61. The standard InChI is InChI=1S/C17H8F6N8/c18-16(19,20)8-1-4-28-31-13(8)10-5-27-14-9(2-3-24-15(14)30-10)29-12-7-25-11(6-26-12)17(21,22)23/h1-7H,(H,24,26,29,30). The van der Waals surface area contributed by atoms with Gasteiger partial charge < -0.3 is 5.32 Å². The third-order valence-electron chi connectivity index (χ3n) is 3.92. The summed E-state index contributed by atoms with van der Waals surface area (Å²) in [5.41, 5.74) is -2.54. The molecule has 4 aromatic heterocycles. The fraction of sp³-hybridized carbons (Fsp3) is 0.118. The first-order valence-corrected chi connectivity index (χ1v) is 8.30. The van der Waals surface area contributed by atoms with Crippen molar-refractivity contribution >= 4 is 22.7 Å². The lowest BCUT2D eigenvalue weighted by Crippen LogP contribution is -2.10. The molecule has 4 rings (SSSR count). The number of aromatic nitrogens is 7. The molecule has 31 heavy (non-hydrogen) atoms. The molecular weight excluding hydrogens is 430 g/mol. The number of nitrogens with zero attached hydrogens (tertiary/aromatic N) is 7. The van der Waals surface area contributed by atoms with E-state index in [9.17, 15) is 26.3 Å². The maximum absolute atomic E-state index is 13.2. The van der Waals surface area contributed by atoms with Crippen molar-refractivity contribution in [1.82, 2.24) is 35.1 Å². The van der Waals surface area contributed by atoms with Gasteiger partial charge in [-0.2, -0.15) is 31.4 Å². The molecule has 0 bridgehead atoms. The van der Waals surface area contributed by atoms with Gasteiger partial charge in [0.25, 0.3) is 0 Å². The van der Waals surface area contributed by atoms with E-state index < -0.39 is 29.3 Å². The smallest absolute Gasteiger partial charge is 0.337 e. The number of rotatable bonds is 3. The Morgan fingerprint density at radius 3 is 2.26 bits per heavy atom. The first kappa shape index (κ1) is 20.3. The van der Waals surface area contributed by atoms with Gasteiger partial charge in [0.2, 0.25) is 0 Å². The van der Waals surface area contributed by atoms with E-state index in [0.717, 1.165) is 24.7 Å². The highest BCUT2D eigenvalue weighted by Crippen LogP contribution is 2.35. The fourth-order valence-corrected chi connectivity index (χ4v) is 2.56. The van der Waals surface area contributed by atoms with Crippen molar-refractivity contribution < 1.29 is 26.3 Å². The van der Waals surface area contributed by atoms with Gasteiger partial charge >= 0.3 is 12.4 Å². The zero-order valence-corrected chi connectivity index (χ0v) is 14.9. The van der Waals surface area contributed by atoms with Crippen LogP contribution in [0.1, 0.15) is 11.3 Å². The molecule has 0 atom stereocenters. The summed E-state index contributed by atoms with van der Waals surface area (Å²) in [4.78, 5) is 19.1. The molecule has 158 valence electrons. The van der Waals surface area contributed by atoms with Crippen LogP contribution in [-0.4, -0.2) is 35.1 Å². The number of alkyl halides is 6. The van der Waals surface area contributed by atoms with E-state index in [-0.39, 0.29) is 28.4 Å². The van der Waals surface area contributed by atoms with E-state index in [1.807, 2.05) is 0 Å². The minimum atomic E-state index is -4.68. The first-order chi connectivity index (χ1) is 14.6. The Morgan fingerprint density at radius 1 is 0.774 bits per heavy atom. The molecule has 8 nitrogen and oxygen atoms in total. The van der Waals surface area contributed by atoms with Gasteiger partial charge in [-0.1, -0.05) is 0 Å². The van der Waals surface area contributed by atoms with E-state index in [1.54, 1.807) is 0 Å². The van der Waals surface area contributed by atoms with Crippen LogP contribution in [0.25, 0.3) is 22.6 Å². The van der Waals surface area contributed by atoms with E-state index >= 15 is 0 Å². The van der Waals surface area contributed by atoms with Crippen LogP contribution >= 0.6 is 0 Å². The number of hydrogen-bond acceptors (Lipinski definition) is 8. The minimum Gasteiger partial charge on any atom is -0.337 e. The zero-order valence-electron chi connectivity index (χ0n) is 14.9. The Bertz CT molecular complexity index is 1240. The number of pyridine rings is 1. The Hall–Kier alpha value is -3.97. The predicted molar refractivity (Wildman–Crippen MR) is 93.7 cm³/mol. The van der Waals surface area contributed by atoms with Crippen molar-refractivity contribution in [2.45, 2.75) is 12.4 Å². The fourth-order valence-electron chi connectivity index (χ4n) is 2.56. The molecule has 0 fully saturated rings. The molecule has 0 spiro atoms. The van der Waals surface area contributed by atoms with Crippen LogP contribution in [-0.2, 0) is 12.4 Å². The second kappa shape index (κ2) is 7.37. The van der Waals surface area contributed by atoms with Crippen LogP contribution in [0.3, 0.4) is 0 Å². The Balaban J connectivity index is 1.70. The number of anilines is 2. The predicted octanol–water partition coefficient (Wildman–Crippen LogP) is 4.05. The SMILES string of the molecule is FC(F)(F)c1cnc(Nc2ccnc3nc(-c4nnccc4C(F)(F)F)cnc23)cn1. The molecule has 1 N–H and O–H groups in total. The summed E-state index contributed by atoms with van der Waals surface area (Å²) in [7, 11) is 0. The minimum absolute atomic E-state index is 0.0142. The van der Waals surface area contributed by atoms with Crippen LogP contribution in [0, 0.1) is 0 Å². The second-order valence-corrected chi connectivity index (χ2v) is 5.99. The molecule has 0 aliphatic carbocycles. The topological polar surface area (TPSA) is 102 Å². The van der Waals surface area contributed by atoms with Gasteiger partial charge in [0.1, 0.15) is 22.7 Å². The number of fused-ring (bicyclic) bond motifs is 1. The molecule has 4 aromatic rings. The van der Waals surface area contributed by atoms with Gasteiger partial charge in [-0.3, -0.25) is 0 Å². The molecule has 0 saturated heterocycles. The van der Waals surface area contributed by atoms with E-state index in [0.29, 0.717) is 6.20 Å². The molecular formula is C17H8F6N8. The Labute approximate surface area is 168 Å². The summed E-state index contributed by atoms with van der Waals surface area (Å²) in [5.74, 6) is -0.0142. The van der Waals surface area contributed by atoms with E-state index in [1.165, 1.54) is 12.3 Å². The lowest BCUT2D eigenvalue weighted by molar-refractivity contribution is -0.141. The molecule has 0 amide bonds. The van der Waals surface area contributed by atoms with E-state index in [2.05, 4.69) is 40.4 Å². The van der Waals surface area contributed by atoms with Crippen molar-refractivity contribution in [2.24, 2.45) is 0 Å². The average molecular weight is 438 g/mol. The van der Waals surface area contributed by atoms with Crippen molar-refractivity contribution in [3.05, 3.63) is 54.4 Å². The van der Waals surface area contributed by atoms with Gasteiger partial charge in [0.15, 0.2) is 11.3 Å². The summed E-state index contributed by atoms with van der Waals surface area (Å²) in [6, 6.07) is 2.21. The van der Waals surface area contributed by atoms with E-state index in [4.69, 9.17) is 0 Å². The molecule has 0 aromatic carbocycles. The largest absolute Gasteiger partial charge is 0.434 e. The number of halogens is 6. The van der Waals surface area contributed by atoms with Gasteiger partial charge in [0, 0.05) is 6.20 Å². The lowest BCUT2D eigenvalue weighted by atomic mass is 10.1. The quantitative estimate of drug-likeness (QED) is 0.478. The van der Waals surface area contributed by atoms with Crippen molar-refractivity contribution in [2.75, 3.05) is 5.32 Å². The number of hydrogen-bond donors (Lipinski definition) is 1. The molecule has 0 aliphatic rings. The summed E-state index contributed by atoms with van der Waals surface area (Å²) in [6.45, 7) is 0. The van der Waals surface area contributed by atoms with Crippen molar-refractivity contribution in [1.29, 1.82) is 0 Å². The third-order valence-corrected chi connectivity index (χ3v) is 3.92. The molecule has 0 unspecified atom stereocenters. The number of nitrogens with one attached hydrogen (secondary N) is 1. The first-order valence-electron chi connectivity index (χ1n) is 8.30. The summed E-state index contributed by atoms with van der Waals surface area (Å²) < 4.78 is 77.5. The van der Waals surface area contributed by atoms with Crippen molar-refractivity contribution in [3.8, 4) is 11.4 Å². The van der Waals surface area contributed by atoms with Gasteiger partial charge in [0.05, 0.1) is 36.0 Å². The average Bonchev–Trinajstić information content (AvgIpc) is 2.73. The molecule has 0 radical (unpaired) electrons. The van der Waals surface area contributed by atoms with Gasteiger partial charge in [-0.05, 0) is 12.1 Å². The van der Waals surface area contributed by atoms with Gasteiger partial charge in [-0.15, -0.1) is 5.10 Å². The van der Waals surface area contributed by atoms with Crippen LogP contribution in [0.2, 0.25) is 0 Å². The Morgan fingerprint density at radius 2 is 1.58 bits per heavy atom. The van der Waals surface area contributed by atoms with Crippen LogP contribution < -0.4 is 5.32 Å². The van der Waals surface area contributed by atoms with Crippen LogP contribution in [0.5, 0.6) is 0 Å². The van der Waals surface area contributed by atoms with Crippen LogP contribution in [0.4, 0.5) is 37.8 Å². The highest BCUT2D eigenvalue weighted by molar-refractivity contribution is 5.87. The molecule has 0 saturated carbocycles. The maximum atomic E-state index is 13.2. The maximum Gasteiger partial charge on any atom is 0.434 e. The lowest BCUT2D eigenvalue weighted by Gasteiger charge is -2.11. The highest BCUT2D eigenvalue weighted by atomic mass is 19.4. The second-order valence-electron chi connectivity index (χ2n) is 5.99. The normalized spacial score (nSPS) is 12.2. The monoisotopic (exact) mass is 438 g/mol. The van der Waals surface area contributed by atoms with Crippen molar-refractivity contribution in [3.63, 3.8) is 0 Å². The molecule has 14 heteroatoms. The Kier molecular flexibility index (Phi) is 4.83. The summed E-state index contributed by atoms with van der Waals surface area (Å²) >= 11 is 0. The highest BCUT2D eigenvalue weighted by Gasteiger charge is 2.35. The molecule has 0 aliphatic heterocycles. The summed E-state index contributed by atoms with van der Waals surface area (Å²) in [5, 5.41) is 9.71. The van der Waals surface area contributed by atoms with Gasteiger partial charge in [-0.25, -0.2) is 24.9 Å². The molecule has 4 heterocycles. The van der Waals surface area contributed by atoms with Crippen LogP contribution in [0.15, 0.2) is 43.1 Å².